The molecule has 34 heavy (non-hydrogen) atoms. The zero-order valence-corrected chi connectivity index (χ0v) is 22.5. The molecule has 0 bridgehead atoms. The van der Waals surface area contributed by atoms with Crippen molar-refractivity contribution in [2.75, 3.05) is 7.05 Å². The molecule has 192 valence electrons. The normalized spacial score (nSPS) is 14.2. The van der Waals surface area contributed by atoms with Crippen molar-refractivity contribution in [3.05, 3.63) is 35.4 Å². The van der Waals surface area contributed by atoms with Crippen molar-refractivity contribution in [3.8, 4) is 0 Å². The number of nitrogens with one attached hydrogen (secondary N) is 2. The van der Waals surface area contributed by atoms with Crippen LogP contribution in [0, 0.1) is 5.92 Å². The molecule has 0 saturated carbocycles. The molecular formula is C27H45N3O4. The van der Waals surface area contributed by atoms with Gasteiger partial charge in [0, 0.05) is 13.1 Å². The Morgan fingerprint density at radius 1 is 1.00 bits per heavy atom. The highest BCUT2D eigenvalue weighted by molar-refractivity contribution is 5.92. The van der Waals surface area contributed by atoms with Crippen LogP contribution in [0.1, 0.15) is 91.8 Å². The number of ether oxygens (including phenoxy) is 1. The van der Waals surface area contributed by atoms with Crippen LogP contribution in [0.4, 0.5) is 4.79 Å². The number of aryl methyl sites for hydroxylation is 1. The molecule has 0 radical (unpaired) electrons. The van der Waals surface area contributed by atoms with Crippen LogP contribution in [0.15, 0.2) is 24.3 Å². The molecule has 3 unspecified atom stereocenters. The number of carbonyl (C=O) groups excluding carboxylic acids is 3. The van der Waals surface area contributed by atoms with E-state index in [4.69, 9.17) is 4.74 Å². The Hall–Kier alpha value is -2.57. The lowest BCUT2D eigenvalue weighted by Crippen LogP contribution is -2.52. The van der Waals surface area contributed by atoms with Crippen molar-refractivity contribution in [3.63, 3.8) is 0 Å². The molecule has 7 heteroatoms. The Balaban J connectivity index is 3.26. The summed E-state index contributed by atoms with van der Waals surface area (Å²) in [6, 6.07) is 6.13. The molecule has 0 aromatic heterocycles. The number of rotatable bonds is 11. The first-order valence-electron chi connectivity index (χ1n) is 12.4. The fraction of sp³-hybridized carbons (Fsp3) is 0.667. The van der Waals surface area contributed by atoms with E-state index in [0.717, 1.165) is 30.4 Å². The van der Waals surface area contributed by atoms with Crippen LogP contribution in [0.2, 0.25) is 0 Å². The second-order valence-electron chi connectivity index (χ2n) is 10.5. The Bertz CT molecular complexity index is 799. The van der Waals surface area contributed by atoms with Gasteiger partial charge in [-0.3, -0.25) is 9.59 Å². The third-order valence-corrected chi connectivity index (χ3v) is 5.49. The van der Waals surface area contributed by atoms with Crippen LogP contribution in [0.25, 0.3) is 0 Å². The Morgan fingerprint density at radius 2 is 1.59 bits per heavy atom. The summed E-state index contributed by atoms with van der Waals surface area (Å²) in [5.41, 5.74) is 1.20. The van der Waals surface area contributed by atoms with Crippen LogP contribution in [0.3, 0.4) is 0 Å². The lowest BCUT2D eigenvalue weighted by atomic mass is 9.98. The van der Waals surface area contributed by atoms with Gasteiger partial charge in [-0.15, -0.1) is 0 Å². The van der Waals surface area contributed by atoms with Crippen LogP contribution >= 0.6 is 0 Å². The number of amides is 3. The minimum Gasteiger partial charge on any atom is -0.444 e. The largest absolute Gasteiger partial charge is 0.444 e. The maximum Gasteiger partial charge on any atom is 0.408 e. The van der Waals surface area contributed by atoms with E-state index in [1.165, 1.54) is 4.90 Å². The molecule has 7 nitrogen and oxygen atoms in total. The first kappa shape index (κ1) is 29.5. The first-order chi connectivity index (χ1) is 15.8. The molecule has 3 amide bonds. The second-order valence-corrected chi connectivity index (χ2v) is 10.5. The topological polar surface area (TPSA) is 87.7 Å². The number of benzene rings is 1. The lowest BCUT2D eigenvalue weighted by molar-refractivity contribution is -0.141. The van der Waals surface area contributed by atoms with Gasteiger partial charge >= 0.3 is 6.09 Å². The SMILES string of the molecule is CCCC(C)NC(=O)C(c1ccc(CC)cc1)N(C)C(=O)C(CC(C)C)NC(=O)OC(C)(C)C. The second kappa shape index (κ2) is 13.4. The molecule has 0 saturated heterocycles. The number of likely N-dealkylation sites (N-methyl/N-ethyl adjacent to an activating group) is 1. The highest BCUT2D eigenvalue weighted by atomic mass is 16.6. The third kappa shape index (κ3) is 9.74. The number of nitrogens with zero attached hydrogens (tertiary/aromatic N) is 1. The lowest BCUT2D eigenvalue weighted by Gasteiger charge is -2.33. The number of hydrogen-bond donors (Lipinski definition) is 2. The van der Waals surface area contributed by atoms with Gasteiger partial charge < -0.3 is 20.3 Å². The van der Waals surface area contributed by atoms with Crippen LogP contribution in [0.5, 0.6) is 0 Å². The molecule has 0 fully saturated rings. The van der Waals surface area contributed by atoms with Gasteiger partial charge in [0.25, 0.3) is 0 Å². The molecule has 1 aromatic carbocycles. The fourth-order valence-corrected chi connectivity index (χ4v) is 3.83. The van der Waals surface area contributed by atoms with Gasteiger partial charge in [-0.2, -0.15) is 0 Å². The highest BCUT2D eigenvalue weighted by Crippen LogP contribution is 2.23. The molecular weight excluding hydrogens is 430 g/mol. The average molecular weight is 476 g/mol. The molecule has 1 aromatic rings. The predicted molar refractivity (Wildman–Crippen MR) is 136 cm³/mol. The van der Waals surface area contributed by atoms with Crippen LogP contribution in [-0.2, 0) is 20.7 Å². The standard InChI is InChI=1S/C27H45N3O4/c1-10-12-19(5)28-24(31)23(21-15-13-20(11-2)14-16-21)30(9)25(32)22(17-18(3)4)29-26(33)34-27(6,7)8/h13-16,18-19,22-23H,10-12,17H2,1-9H3,(H,28,31)(H,29,33). The summed E-state index contributed by atoms with van der Waals surface area (Å²) in [7, 11) is 1.62. The third-order valence-electron chi connectivity index (χ3n) is 5.49. The van der Waals surface area contributed by atoms with Gasteiger partial charge in [-0.25, -0.2) is 4.79 Å². The monoisotopic (exact) mass is 475 g/mol. The summed E-state index contributed by atoms with van der Waals surface area (Å²) in [5, 5.41) is 5.78. The summed E-state index contributed by atoms with van der Waals surface area (Å²) in [5.74, 6) is -0.415. The molecule has 0 heterocycles. The first-order valence-corrected chi connectivity index (χ1v) is 12.4. The zero-order chi connectivity index (χ0) is 26.1. The average Bonchev–Trinajstić information content (AvgIpc) is 2.71. The minimum atomic E-state index is -0.812. The molecule has 0 spiro atoms. The Morgan fingerprint density at radius 3 is 2.06 bits per heavy atom. The van der Waals surface area contributed by atoms with E-state index in [2.05, 4.69) is 24.5 Å². The van der Waals surface area contributed by atoms with Gasteiger partial charge in [0.05, 0.1) is 0 Å². The summed E-state index contributed by atoms with van der Waals surface area (Å²) < 4.78 is 5.38. The minimum absolute atomic E-state index is 0.00948. The molecule has 0 aliphatic heterocycles. The van der Waals surface area contributed by atoms with E-state index < -0.39 is 23.8 Å². The number of alkyl carbamates (subject to hydrolysis) is 1. The number of carbonyl (C=O) groups is 3. The molecule has 2 N–H and O–H groups in total. The van der Waals surface area contributed by atoms with Gasteiger partial charge in [-0.05, 0) is 64.0 Å². The van der Waals surface area contributed by atoms with E-state index in [-0.39, 0.29) is 23.8 Å². The van der Waals surface area contributed by atoms with E-state index in [1.807, 2.05) is 45.0 Å². The van der Waals surface area contributed by atoms with Crippen molar-refractivity contribution < 1.29 is 19.1 Å². The summed E-state index contributed by atoms with van der Waals surface area (Å²) in [6.45, 7) is 15.4. The fourth-order valence-electron chi connectivity index (χ4n) is 3.83. The zero-order valence-electron chi connectivity index (χ0n) is 22.5. The van der Waals surface area contributed by atoms with Crippen molar-refractivity contribution in [2.24, 2.45) is 5.92 Å². The Labute approximate surface area is 206 Å². The quantitative estimate of drug-likeness (QED) is 0.472. The predicted octanol–water partition coefficient (Wildman–Crippen LogP) is 4.99. The van der Waals surface area contributed by atoms with Gasteiger partial charge in [0.15, 0.2) is 0 Å². The van der Waals surface area contributed by atoms with Crippen molar-refractivity contribution >= 4 is 17.9 Å². The molecule has 1 rings (SSSR count). The Kier molecular flexibility index (Phi) is 11.6. The number of hydrogen-bond acceptors (Lipinski definition) is 4. The van der Waals surface area contributed by atoms with Crippen molar-refractivity contribution in [1.82, 2.24) is 15.5 Å². The van der Waals surface area contributed by atoms with E-state index in [1.54, 1.807) is 27.8 Å². The van der Waals surface area contributed by atoms with Crippen LogP contribution < -0.4 is 10.6 Å². The molecule has 0 aliphatic carbocycles. The van der Waals surface area contributed by atoms with Gasteiger partial charge in [0.2, 0.25) is 11.8 Å². The van der Waals surface area contributed by atoms with E-state index in [0.29, 0.717) is 6.42 Å². The van der Waals surface area contributed by atoms with E-state index in [9.17, 15) is 14.4 Å². The maximum absolute atomic E-state index is 13.6. The molecule has 0 aliphatic rings. The smallest absolute Gasteiger partial charge is 0.408 e. The molecule has 3 atom stereocenters. The van der Waals surface area contributed by atoms with E-state index >= 15 is 0 Å². The summed E-state index contributed by atoms with van der Waals surface area (Å²) in [6.07, 6.45) is 2.46. The maximum atomic E-state index is 13.6. The highest BCUT2D eigenvalue weighted by Gasteiger charge is 2.34. The van der Waals surface area contributed by atoms with Gasteiger partial charge in [-0.1, -0.05) is 58.4 Å². The van der Waals surface area contributed by atoms with Gasteiger partial charge in [0.1, 0.15) is 17.7 Å². The summed E-state index contributed by atoms with van der Waals surface area (Å²) in [4.78, 5) is 40.9. The van der Waals surface area contributed by atoms with Crippen LogP contribution in [-0.4, -0.2) is 47.5 Å². The summed E-state index contributed by atoms with van der Waals surface area (Å²) >= 11 is 0. The van der Waals surface area contributed by atoms with Crippen molar-refractivity contribution in [2.45, 2.75) is 105 Å². The van der Waals surface area contributed by atoms with Crippen molar-refractivity contribution in [1.29, 1.82) is 0 Å².